The maximum atomic E-state index is 12.2. The van der Waals surface area contributed by atoms with E-state index in [1.807, 2.05) is 13.8 Å². The molecule has 19 heavy (non-hydrogen) atoms. The van der Waals surface area contributed by atoms with Crippen LogP contribution in [0, 0.1) is 13.8 Å². The zero-order valence-electron chi connectivity index (χ0n) is 11.0. The van der Waals surface area contributed by atoms with Crippen molar-refractivity contribution < 1.29 is 4.79 Å². The second kappa shape index (κ2) is 5.35. The molecule has 1 heterocycles. The van der Waals surface area contributed by atoms with Crippen molar-refractivity contribution in [3.63, 3.8) is 0 Å². The summed E-state index contributed by atoms with van der Waals surface area (Å²) in [5.74, 6) is 0.00432. The Bertz CT molecular complexity index is 647. The van der Waals surface area contributed by atoms with Gasteiger partial charge < -0.3 is 0 Å². The lowest BCUT2D eigenvalue weighted by molar-refractivity contribution is 0.0990. The van der Waals surface area contributed by atoms with Crippen molar-refractivity contribution in [1.82, 2.24) is 9.78 Å². The molecule has 0 aliphatic carbocycles. The van der Waals surface area contributed by atoms with Gasteiger partial charge in [0, 0.05) is 17.6 Å². The van der Waals surface area contributed by atoms with E-state index in [-0.39, 0.29) is 12.2 Å². The fraction of sp³-hybridized carbons (Fsp3) is 0.286. The average Bonchev–Trinajstić information content (AvgIpc) is 2.59. The minimum Gasteiger partial charge on any atom is -0.294 e. The molecule has 100 valence electrons. The number of carbonyl (C=O) groups excluding carboxylic acids is 1. The van der Waals surface area contributed by atoms with Crippen LogP contribution in [0.3, 0.4) is 0 Å². The Kier molecular flexibility index (Phi) is 3.97. The van der Waals surface area contributed by atoms with Gasteiger partial charge in [0.05, 0.1) is 22.8 Å². The van der Waals surface area contributed by atoms with Gasteiger partial charge in [-0.3, -0.25) is 9.48 Å². The molecular formula is C14H14Cl2N2O. The summed E-state index contributed by atoms with van der Waals surface area (Å²) in [6, 6.07) is 5.26. The third-order valence-electron chi connectivity index (χ3n) is 3.07. The number of aryl methyl sites for hydroxylation is 3. The fourth-order valence-electron chi connectivity index (χ4n) is 1.94. The standard InChI is InChI=1S/C14H14Cl2N2O/c1-8-6-10(4-5-11(8)15)13(19)7-12-14(16)9(2)17-18(12)3/h4-6H,7H2,1-3H3. The summed E-state index contributed by atoms with van der Waals surface area (Å²) in [4.78, 5) is 12.2. The van der Waals surface area contributed by atoms with Crippen LogP contribution in [-0.2, 0) is 13.5 Å². The number of nitrogens with zero attached hydrogens (tertiary/aromatic N) is 2. The molecule has 0 radical (unpaired) electrons. The maximum Gasteiger partial charge on any atom is 0.168 e. The van der Waals surface area contributed by atoms with E-state index in [1.165, 1.54) is 0 Å². The summed E-state index contributed by atoms with van der Waals surface area (Å²) in [7, 11) is 1.79. The summed E-state index contributed by atoms with van der Waals surface area (Å²) < 4.78 is 1.65. The first-order valence-corrected chi connectivity index (χ1v) is 6.63. The number of hydrogen-bond acceptors (Lipinski definition) is 2. The van der Waals surface area contributed by atoms with Crippen LogP contribution in [-0.4, -0.2) is 15.6 Å². The van der Waals surface area contributed by atoms with Crippen LogP contribution in [0.15, 0.2) is 18.2 Å². The predicted molar refractivity (Wildman–Crippen MR) is 77.2 cm³/mol. The number of halogens is 2. The molecule has 0 N–H and O–H groups in total. The Morgan fingerprint density at radius 2 is 2.00 bits per heavy atom. The second-order valence-electron chi connectivity index (χ2n) is 4.53. The minimum atomic E-state index is 0.00432. The maximum absolute atomic E-state index is 12.2. The highest BCUT2D eigenvalue weighted by atomic mass is 35.5. The van der Waals surface area contributed by atoms with Crippen molar-refractivity contribution in [2.45, 2.75) is 20.3 Å². The molecule has 1 aromatic carbocycles. The molecule has 3 nitrogen and oxygen atoms in total. The van der Waals surface area contributed by atoms with E-state index in [0.717, 1.165) is 17.0 Å². The van der Waals surface area contributed by atoms with Gasteiger partial charge in [0.2, 0.25) is 0 Å². The van der Waals surface area contributed by atoms with Crippen molar-refractivity contribution in [3.8, 4) is 0 Å². The summed E-state index contributed by atoms with van der Waals surface area (Å²) in [5, 5.41) is 5.42. The van der Waals surface area contributed by atoms with Crippen molar-refractivity contribution >= 4 is 29.0 Å². The van der Waals surface area contributed by atoms with Gasteiger partial charge in [0.25, 0.3) is 0 Å². The zero-order chi connectivity index (χ0) is 14.2. The van der Waals surface area contributed by atoms with Crippen LogP contribution >= 0.6 is 23.2 Å². The van der Waals surface area contributed by atoms with Gasteiger partial charge in [0.15, 0.2) is 5.78 Å². The van der Waals surface area contributed by atoms with Gasteiger partial charge in [-0.05, 0) is 37.6 Å². The molecule has 0 saturated carbocycles. The third kappa shape index (κ3) is 2.82. The summed E-state index contributed by atoms with van der Waals surface area (Å²) in [6.07, 6.45) is 0.233. The molecule has 2 rings (SSSR count). The van der Waals surface area contributed by atoms with Crippen LogP contribution < -0.4 is 0 Å². The van der Waals surface area contributed by atoms with E-state index in [4.69, 9.17) is 23.2 Å². The predicted octanol–water partition coefficient (Wildman–Crippen LogP) is 3.77. The van der Waals surface area contributed by atoms with Gasteiger partial charge in [-0.15, -0.1) is 0 Å². The fourth-order valence-corrected chi connectivity index (χ4v) is 2.29. The van der Waals surface area contributed by atoms with Gasteiger partial charge in [0.1, 0.15) is 0 Å². The van der Waals surface area contributed by atoms with Crippen molar-refractivity contribution in [2.24, 2.45) is 7.05 Å². The topological polar surface area (TPSA) is 34.9 Å². The Labute approximate surface area is 122 Å². The lowest BCUT2D eigenvalue weighted by atomic mass is 10.0. The Hall–Kier alpha value is -1.32. The molecule has 1 aromatic heterocycles. The molecule has 5 heteroatoms. The molecule has 0 bridgehead atoms. The largest absolute Gasteiger partial charge is 0.294 e. The van der Waals surface area contributed by atoms with E-state index in [2.05, 4.69) is 5.10 Å². The van der Waals surface area contributed by atoms with Crippen molar-refractivity contribution in [1.29, 1.82) is 0 Å². The number of Topliss-reactive ketones (excluding diaryl/α,β-unsaturated/α-hetero) is 1. The lowest BCUT2D eigenvalue weighted by Gasteiger charge is -2.05. The minimum absolute atomic E-state index is 0.00432. The monoisotopic (exact) mass is 296 g/mol. The molecule has 0 saturated heterocycles. The van der Waals surface area contributed by atoms with Gasteiger partial charge in [-0.1, -0.05) is 23.2 Å². The first kappa shape index (κ1) is 14.1. The van der Waals surface area contributed by atoms with Gasteiger partial charge >= 0.3 is 0 Å². The number of ketones is 1. The SMILES string of the molecule is Cc1cc(C(=O)Cc2c(Cl)c(C)nn2C)ccc1Cl. The molecule has 0 spiro atoms. The Morgan fingerprint density at radius 1 is 1.32 bits per heavy atom. The Balaban J connectivity index is 2.28. The van der Waals surface area contributed by atoms with E-state index in [9.17, 15) is 4.79 Å². The normalized spacial score (nSPS) is 10.8. The van der Waals surface area contributed by atoms with Crippen LogP contribution in [0.1, 0.15) is 27.3 Å². The van der Waals surface area contributed by atoms with E-state index in [0.29, 0.717) is 15.6 Å². The molecule has 0 aliphatic heterocycles. The third-order valence-corrected chi connectivity index (χ3v) is 3.99. The number of rotatable bonds is 3. The quantitative estimate of drug-likeness (QED) is 0.808. The first-order valence-electron chi connectivity index (χ1n) is 5.87. The molecule has 0 fully saturated rings. The van der Waals surface area contributed by atoms with Crippen LogP contribution in [0.5, 0.6) is 0 Å². The first-order chi connectivity index (χ1) is 8.90. The van der Waals surface area contributed by atoms with E-state index >= 15 is 0 Å². The smallest absolute Gasteiger partial charge is 0.168 e. The van der Waals surface area contributed by atoms with Crippen molar-refractivity contribution in [3.05, 3.63) is 50.8 Å². The summed E-state index contributed by atoms with van der Waals surface area (Å²) >= 11 is 12.1. The zero-order valence-corrected chi connectivity index (χ0v) is 12.5. The Morgan fingerprint density at radius 3 is 2.53 bits per heavy atom. The molecule has 2 aromatic rings. The number of benzene rings is 1. The highest BCUT2D eigenvalue weighted by Gasteiger charge is 2.16. The van der Waals surface area contributed by atoms with E-state index < -0.39 is 0 Å². The van der Waals surface area contributed by atoms with Gasteiger partial charge in [-0.2, -0.15) is 5.10 Å². The molecule has 0 atom stereocenters. The lowest BCUT2D eigenvalue weighted by Crippen LogP contribution is -2.08. The molecular weight excluding hydrogens is 283 g/mol. The van der Waals surface area contributed by atoms with Crippen LogP contribution in [0.25, 0.3) is 0 Å². The van der Waals surface area contributed by atoms with E-state index in [1.54, 1.807) is 29.9 Å². The summed E-state index contributed by atoms with van der Waals surface area (Å²) in [6.45, 7) is 3.70. The number of carbonyl (C=O) groups is 1. The van der Waals surface area contributed by atoms with Crippen LogP contribution in [0.2, 0.25) is 10.0 Å². The average molecular weight is 297 g/mol. The van der Waals surface area contributed by atoms with Crippen molar-refractivity contribution in [2.75, 3.05) is 0 Å². The molecule has 0 aliphatic rings. The van der Waals surface area contributed by atoms with Gasteiger partial charge in [-0.25, -0.2) is 0 Å². The molecule has 0 amide bonds. The number of hydrogen-bond donors (Lipinski definition) is 0. The number of aromatic nitrogens is 2. The molecule has 0 unspecified atom stereocenters. The summed E-state index contributed by atoms with van der Waals surface area (Å²) in [5.41, 5.74) is 2.99. The second-order valence-corrected chi connectivity index (χ2v) is 5.32. The highest BCUT2D eigenvalue weighted by Crippen LogP contribution is 2.22. The highest BCUT2D eigenvalue weighted by molar-refractivity contribution is 6.32. The van der Waals surface area contributed by atoms with Crippen LogP contribution in [0.4, 0.5) is 0 Å².